The van der Waals surface area contributed by atoms with Gasteiger partial charge in [0.1, 0.15) is 0 Å². The largest absolute Gasteiger partial charge is 0.662 e. The summed E-state index contributed by atoms with van der Waals surface area (Å²) in [5, 5.41) is 4.41. The first-order valence-electron chi connectivity index (χ1n) is 6.89. The summed E-state index contributed by atoms with van der Waals surface area (Å²) >= 11 is 0. The molecule has 99 valence electrons. The van der Waals surface area contributed by atoms with Crippen LogP contribution in [0.1, 0.15) is 26.7 Å². The molecule has 17 heavy (non-hydrogen) atoms. The van der Waals surface area contributed by atoms with E-state index in [1.54, 1.807) is 0 Å². The fraction of sp³-hybridized carbons (Fsp3) is 1.00. The van der Waals surface area contributed by atoms with E-state index in [0.717, 1.165) is 19.0 Å². The zero-order valence-corrected chi connectivity index (χ0v) is 14.7. The summed E-state index contributed by atoms with van der Waals surface area (Å²) in [5.74, 6) is 0.927. The number of nitrogens with zero attached hydrogens (tertiary/aromatic N) is 3. The predicted octanol–water partition coefficient (Wildman–Crippen LogP) is 2.04. The molecule has 0 spiro atoms. The van der Waals surface area contributed by atoms with Gasteiger partial charge in [0, 0.05) is 65.4 Å². The molecule has 0 aliphatic carbocycles. The summed E-state index contributed by atoms with van der Waals surface area (Å²) in [7, 11) is 2.22. The topological polar surface area (TPSA) is 20.6 Å². The average molecular weight is 315 g/mol. The molecule has 0 atom stereocenters. The molecule has 2 saturated heterocycles. The molecule has 0 aromatic heterocycles. The van der Waals surface area contributed by atoms with E-state index in [0.29, 0.717) is 0 Å². The van der Waals surface area contributed by atoms with Gasteiger partial charge in [0.2, 0.25) is 0 Å². The van der Waals surface area contributed by atoms with Crippen LogP contribution in [0.15, 0.2) is 0 Å². The molecule has 4 heteroatoms. The quantitative estimate of drug-likeness (QED) is 0.777. The molecule has 2 heterocycles. The standard InChI is InChI=1S/C11H22N3.C2H6.Y/c1-13-6-8-14(9-7-13)10-11-2-4-12-5-3-11;1-2;/h11H,2-10H2,1H3;1-2H3;/q-1;;. The van der Waals surface area contributed by atoms with Crippen LogP contribution in [0.25, 0.3) is 5.32 Å². The second-order valence-electron chi connectivity index (χ2n) is 4.72. The number of hydrogen-bond donors (Lipinski definition) is 0. The molecular formula is C13H28N3Y-. The van der Waals surface area contributed by atoms with E-state index in [-0.39, 0.29) is 32.7 Å². The van der Waals surface area contributed by atoms with Crippen LogP contribution >= 0.6 is 0 Å². The van der Waals surface area contributed by atoms with E-state index in [1.807, 2.05) is 13.8 Å². The Balaban J connectivity index is 0.000000811. The molecule has 2 aliphatic heterocycles. The van der Waals surface area contributed by atoms with Crippen LogP contribution in [0, 0.1) is 5.92 Å². The Morgan fingerprint density at radius 1 is 1.00 bits per heavy atom. The molecule has 0 amide bonds. The Morgan fingerprint density at radius 2 is 1.53 bits per heavy atom. The normalized spacial score (nSPS) is 23.5. The molecule has 0 N–H and O–H groups in total. The third kappa shape index (κ3) is 7.22. The average Bonchev–Trinajstić information content (AvgIpc) is 2.36. The molecule has 0 aromatic carbocycles. The maximum atomic E-state index is 4.41. The first-order valence-corrected chi connectivity index (χ1v) is 6.89. The van der Waals surface area contributed by atoms with E-state index in [2.05, 4.69) is 22.2 Å². The minimum Gasteiger partial charge on any atom is -0.662 e. The Morgan fingerprint density at radius 3 is 2.06 bits per heavy atom. The first-order chi connectivity index (χ1) is 7.84. The van der Waals surface area contributed by atoms with Gasteiger partial charge < -0.3 is 15.1 Å². The molecule has 0 saturated carbocycles. The van der Waals surface area contributed by atoms with Gasteiger partial charge in [-0.1, -0.05) is 26.7 Å². The summed E-state index contributed by atoms with van der Waals surface area (Å²) < 4.78 is 0. The molecule has 0 aromatic rings. The van der Waals surface area contributed by atoms with Gasteiger partial charge in [-0.15, -0.1) is 13.1 Å². The van der Waals surface area contributed by atoms with E-state index in [9.17, 15) is 0 Å². The van der Waals surface area contributed by atoms with E-state index in [1.165, 1.54) is 45.6 Å². The first kappa shape index (κ1) is 18.0. The summed E-state index contributed by atoms with van der Waals surface area (Å²) in [6.45, 7) is 12.6. The molecular weight excluding hydrogens is 287 g/mol. The van der Waals surface area contributed by atoms with Crippen LogP contribution in [0.2, 0.25) is 0 Å². The van der Waals surface area contributed by atoms with Gasteiger partial charge in [-0.25, -0.2) is 0 Å². The minimum atomic E-state index is 0. The van der Waals surface area contributed by atoms with Crippen molar-refractivity contribution in [3.05, 3.63) is 5.32 Å². The van der Waals surface area contributed by atoms with Gasteiger partial charge in [-0.05, 0) is 13.0 Å². The summed E-state index contributed by atoms with van der Waals surface area (Å²) in [4.78, 5) is 5.06. The number of hydrogen-bond acceptors (Lipinski definition) is 2. The zero-order chi connectivity index (χ0) is 11.8. The number of piperazine rings is 1. The summed E-state index contributed by atoms with van der Waals surface area (Å²) in [6, 6.07) is 0. The van der Waals surface area contributed by atoms with Crippen molar-refractivity contribution in [3.63, 3.8) is 0 Å². The van der Waals surface area contributed by atoms with Gasteiger partial charge >= 0.3 is 0 Å². The van der Waals surface area contributed by atoms with Crippen molar-refractivity contribution < 1.29 is 32.7 Å². The van der Waals surface area contributed by atoms with Crippen LogP contribution in [-0.4, -0.2) is 62.7 Å². The van der Waals surface area contributed by atoms with Gasteiger partial charge in [0.15, 0.2) is 0 Å². The molecule has 2 aliphatic rings. The second kappa shape index (κ2) is 10.9. The Labute approximate surface area is 133 Å². The number of piperidine rings is 1. The SMILES string of the molecule is CC.CN1CCN(CC2CC[N-]CC2)CC1.[Y]. The van der Waals surface area contributed by atoms with Crippen molar-refractivity contribution in [1.29, 1.82) is 0 Å². The smallest absolute Gasteiger partial charge is 0.0110 e. The summed E-state index contributed by atoms with van der Waals surface area (Å²) in [5.41, 5.74) is 0. The van der Waals surface area contributed by atoms with Crippen molar-refractivity contribution >= 4 is 0 Å². The van der Waals surface area contributed by atoms with Crippen molar-refractivity contribution in [2.75, 3.05) is 52.9 Å². The maximum absolute atomic E-state index is 4.41. The van der Waals surface area contributed by atoms with Crippen LogP contribution in [0.4, 0.5) is 0 Å². The number of rotatable bonds is 2. The predicted molar refractivity (Wildman–Crippen MR) is 71.1 cm³/mol. The third-order valence-corrected chi connectivity index (χ3v) is 3.50. The van der Waals surface area contributed by atoms with Crippen molar-refractivity contribution in [2.24, 2.45) is 5.92 Å². The van der Waals surface area contributed by atoms with Crippen molar-refractivity contribution in [2.45, 2.75) is 26.7 Å². The number of likely N-dealkylation sites (N-methyl/N-ethyl adjacent to an activating group) is 1. The van der Waals surface area contributed by atoms with E-state index >= 15 is 0 Å². The van der Waals surface area contributed by atoms with E-state index < -0.39 is 0 Å². The van der Waals surface area contributed by atoms with Gasteiger partial charge in [0.05, 0.1) is 0 Å². The Bertz CT molecular complexity index is 164. The molecule has 3 nitrogen and oxygen atoms in total. The van der Waals surface area contributed by atoms with Crippen molar-refractivity contribution in [1.82, 2.24) is 9.80 Å². The van der Waals surface area contributed by atoms with Gasteiger partial charge in [0.25, 0.3) is 0 Å². The second-order valence-corrected chi connectivity index (χ2v) is 4.72. The monoisotopic (exact) mass is 315 g/mol. The fourth-order valence-corrected chi connectivity index (χ4v) is 2.38. The Kier molecular flexibility index (Phi) is 11.5. The molecule has 0 unspecified atom stereocenters. The Hall–Kier alpha value is 0.984. The molecule has 2 fully saturated rings. The van der Waals surface area contributed by atoms with Crippen LogP contribution in [0.5, 0.6) is 0 Å². The third-order valence-electron chi connectivity index (χ3n) is 3.50. The maximum Gasteiger partial charge on any atom is 0.0110 e. The molecule has 2 rings (SSSR count). The molecule has 0 bridgehead atoms. The summed E-state index contributed by atoms with van der Waals surface area (Å²) in [6.07, 6.45) is 2.65. The van der Waals surface area contributed by atoms with E-state index in [4.69, 9.17) is 0 Å². The van der Waals surface area contributed by atoms with Crippen LogP contribution < -0.4 is 0 Å². The van der Waals surface area contributed by atoms with Gasteiger partial charge in [-0.2, -0.15) is 0 Å². The fourth-order valence-electron chi connectivity index (χ4n) is 2.38. The zero-order valence-electron chi connectivity index (χ0n) is 11.9. The molecule has 1 radical (unpaired) electrons. The van der Waals surface area contributed by atoms with Crippen molar-refractivity contribution in [3.8, 4) is 0 Å². The minimum absolute atomic E-state index is 0. The van der Waals surface area contributed by atoms with Gasteiger partial charge in [-0.3, -0.25) is 0 Å². The van der Waals surface area contributed by atoms with Crippen LogP contribution in [0.3, 0.4) is 0 Å². The van der Waals surface area contributed by atoms with Crippen LogP contribution in [-0.2, 0) is 32.7 Å².